The molecule has 1 fully saturated rings. The van der Waals surface area contributed by atoms with Crippen molar-refractivity contribution in [2.45, 2.75) is 40.3 Å². The highest BCUT2D eigenvalue weighted by Crippen LogP contribution is 2.22. The van der Waals surface area contributed by atoms with Crippen LogP contribution in [0.1, 0.15) is 47.5 Å². The molecule has 0 aliphatic carbocycles. The van der Waals surface area contributed by atoms with Gasteiger partial charge >= 0.3 is 0 Å². The second-order valence-electron chi connectivity index (χ2n) is 7.57. The Morgan fingerprint density at radius 2 is 1.76 bits per heavy atom. The molecule has 3 rings (SSSR count). The number of amides is 1. The molecule has 4 heteroatoms. The summed E-state index contributed by atoms with van der Waals surface area (Å²) in [7, 11) is 0. The van der Waals surface area contributed by atoms with Crippen LogP contribution in [0, 0.1) is 18.8 Å². The van der Waals surface area contributed by atoms with Crippen LogP contribution in [0.4, 0.5) is 0 Å². The Morgan fingerprint density at radius 3 is 2.36 bits per heavy atom. The van der Waals surface area contributed by atoms with Gasteiger partial charge in [0.15, 0.2) is 5.76 Å². The molecule has 0 bridgehead atoms. The van der Waals surface area contributed by atoms with E-state index >= 15 is 0 Å². The van der Waals surface area contributed by atoms with Crippen molar-refractivity contribution >= 4 is 5.91 Å². The molecule has 0 saturated carbocycles. The summed E-state index contributed by atoms with van der Waals surface area (Å²) < 4.78 is 5.22. The van der Waals surface area contributed by atoms with Crippen molar-refractivity contribution < 1.29 is 9.21 Å². The van der Waals surface area contributed by atoms with E-state index in [-0.39, 0.29) is 5.91 Å². The number of nitrogens with zero attached hydrogens (tertiary/aromatic N) is 1. The third-order valence-electron chi connectivity index (χ3n) is 4.90. The fourth-order valence-corrected chi connectivity index (χ4v) is 3.81. The average Bonchev–Trinajstić information content (AvgIpc) is 2.99. The van der Waals surface area contributed by atoms with Gasteiger partial charge in [0.2, 0.25) is 0 Å². The van der Waals surface area contributed by atoms with Gasteiger partial charge in [0.05, 0.1) is 6.26 Å². The van der Waals surface area contributed by atoms with Gasteiger partial charge in [0, 0.05) is 31.7 Å². The van der Waals surface area contributed by atoms with Crippen molar-refractivity contribution in [3.63, 3.8) is 0 Å². The molecule has 1 aromatic heterocycles. The maximum absolute atomic E-state index is 12.1. The van der Waals surface area contributed by atoms with Crippen molar-refractivity contribution in [1.82, 2.24) is 10.2 Å². The molecule has 1 N–H and O–H groups in total. The lowest BCUT2D eigenvalue weighted by Gasteiger charge is -2.35. The van der Waals surface area contributed by atoms with E-state index < -0.39 is 0 Å². The lowest BCUT2D eigenvalue weighted by molar-refractivity contribution is 0.0922. The first-order valence-corrected chi connectivity index (χ1v) is 9.13. The van der Waals surface area contributed by atoms with Crippen LogP contribution in [0.25, 0.3) is 0 Å². The number of carbonyl (C=O) groups excluding carboxylic acids is 1. The smallest absolute Gasteiger partial charge is 0.287 e. The Hall–Kier alpha value is -2.07. The second kappa shape index (κ2) is 7.87. The lowest BCUT2D eigenvalue weighted by atomic mass is 9.91. The van der Waals surface area contributed by atoms with E-state index in [4.69, 9.17) is 4.42 Å². The van der Waals surface area contributed by atoms with Crippen LogP contribution in [-0.2, 0) is 13.1 Å². The van der Waals surface area contributed by atoms with Gasteiger partial charge in [-0.25, -0.2) is 0 Å². The Kier molecular flexibility index (Phi) is 5.59. The van der Waals surface area contributed by atoms with Crippen molar-refractivity contribution in [1.29, 1.82) is 0 Å². The molecule has 1 aliphatic rings. The molecule has 134 valence electrons. The number of piperidine rings is 1. The maximum atomic E-state index is 12.1. The van der Waals surface area contributed by atoms with Gasteiger partial charge in [-0.05, 0) is 42.4 Å². The molecule has 4 nitrogen and oxygen atoms in total. The zero-order valence-corrected chi connectivity index (χ0v) is 15.4. The molecular formula is C21H28N2O2. The van der Waals surface area contributed by atoms with Crippen LogP contribution in [0.3, 0.4) is 0 Å². The summed E-state index contributed by atoms with van der Waals surface area (Å²) in [5.74, 6) is 1.79. The van der Waals surface area contributed by atoms with Gasteiger partial charge in [0.1, 0.15) is 0 Å². The van der Waals surface area contributed by atoms with Crippen molar-refractivity contribution in [2.75, 3.05) is 13.1 Å². The summed E-state index contributed by atoms with van der Waals surface area (Å²) in [5, 5.41) is 2.91. The van der Waals surface area contributed by atoms with E-state index in [2.05, 4.69) is 48.3 Å². The quantitative estimate of drug-likeness (QED) is 0.895. The predicted octanol–water partition coefficient (Wildman–Crippen LogP) is 4.00. The van der Waals surface area contributed by atoms with E-state index in [1.165, 1.54) is 25.1 Å². The molecular weight excluding hydrogens is 312 g/mol. The number of rotatable bonds is 5. The number of benzene rings is 1. The standard InChI is InChI=1S/C21H28N2O2/c1-15-10-16(2)13-23(12-15)14-19-6-4-18(5-7-19)11-22-21(24)20-17(3)8-9-25-20/h4-9,15-16H,10-14H2,1-3H3,(H,22,24)/t15-,16-/m0/s1. The first kappa shape index (κ1) is 17.7. The molecule has 0 unspecified atom stereocenters. The van der Waals surface area contributed by atoms with Crippen LogP contribution in [0.2, 0.25) is 0 Å². The Labute approximate surface area is 150 Å². The summed E-state index contributed by atoms with van der Waals surface area (Å²) in [5.41, 5.74) is 3.29. The first-order chi connectivity index (χ1) is 12.0. The molecule has 0 radical (unpaired) electrons. The van der Waals surface area contributed by atoms with E-state index in [0.29, 0.717) is 12.3 Å². The predicted molar refractivity (Wildman–Crippen MR) is 99.3 cm³/mol. The van der Waals surface area contributed by atoms with Crippen LogP contribution in [-0.4, -0.2) is 23.9 Å². The average molecular weight is 340 g/mol. The van der Waals surface area contributed by atoms with Crippen LogP contribution in [0.15, 0.2) is 41.0 Å². The highest BCUT2D eigenvalue weighted by atomic mass is 16.3. The SMILES string of the molecule is Cc1ccoc1C(=O)NCc1ccc(CN2C[C@@H](C)C[C@H](C)C2)cc1. The normalized spacial score (nSPS) is 21.2. The maximum Gasteiger partial charge on any atom is 0.287 e. The van der Waals surface area contributed by atoms with Crippen LogP contribution >= 0.6 is 0 Å². The highest BCUT2D eigenvalue weighted by Gasteiger charge is 2.21. The zero-order valence-electron chi connectivity index (χ0n) is 15.4. The van der Waals surface area contributed by atoms with Gasteiger partial charge in [-0.15, -0.1) is 0 Å². The van der Waals surface area contributed by atoms with Gasteiger partial charge in [-0.2, -0.15) is 0 Å². The minimum Gasteiger partial charge on any atom is -0.459 e. The third-order valence-corrected chi connectivity index (χ3v) is 4.90. The topological polar surface area (TPSA) is 45.5 Å². The molecule has 1 aliphatic heterocycles. The number of carbonyl (C=O) groups is 1. The summed E-state index contributed by atoms with van der Waals surface area (Å²) in [4.78, 5) is 14.6. The molecule has 1 amide bonds. The number of nitrogens with one attached hydrogen (secondary N) is 1. The Bertz CT molecular complexity index is 695. The van der Waals surface area contributed by atoms with Gasteiger partial charge < -0.3 is 9.73 Å². The molecule has 1 aromatic carbocycles. The zero-order chi connectivity index (χ0) is 17.8. The van der Waals surface area contributed by atoms with E-state index in [0.717, 1.165) is 29.5 Å². The minimum absolute atomic E-state index is 0.164. The molecule has 0 spiro atoms. The molecule has 2 atom stereocenters. The largest absolute Gasteiger partial charge is 0.459 e. The fourth-order valence-electron chi connectivity index (χ4n) is 3.81. The van der Waals surface area contributed by atoms with Crippen molar-refractivity contribution in [2.24, 2.45) is 11.8 Å². The van der Waals surface area contributed by atoms with E-state index in [1.54, 1.807) is 12.3 Å². The lowest BCUT2D eigenvalue weighted by Crippen LogP contribution is -2.38. The summed E-state index contributed by atoms with van der Waals surface area (Å²) in [6, 6.07) is 10.3. The van der Waals surface area contributed by atoms with Crippen LogP contribution < -0.4 is 5.32 Å². The van der Waals surface area contributed by atoms with E-state index in [1.807, 2.05) is 6.92 Å². The Morgan fingerprint density at radius 1 is 1.12 bits per heavy atom. The third kappa shape index (κ3) is 4.73. The van der Waals surface area contributed by atoms with Crippen molar-refractivity contribution in [3.8, 4) is 0 Å². The molecule has 1 saturated heterocycles. The second-order valence-corrected chi connectivity index (χ2v) is 7.57. The van der Waals surface area contributed by atoms with Crippen LogP contribution in [0.5, 0.6) is 0 Å². The fraction of sp³-hybridized carbons (Fsp3) is 0.476. The minimum atomic E-state index is -0.164. The number of hydrogen-bond acceptors (Lipinski definition) is 3. The molecule has 2 heterocycles. The highest BCUT2D eigenvalue weighted by molar-refractivity contribution is 5.92. The van der Waals surface area contributed by atoms with Gasteiger partial charge in [0.25, 0.3) is 5.91 Å². The summed E-state index contributed by atoms with van der Waals surface area (Å²) in [6.07, 6.45) is 2.88. The summed E-state index contributed by atoms with van der Waals surface area (Å²) >= 11 is 0. The van der Waals surface area contributed by atoms with E-state index in [9.17, 15) is 4.79 Å². The molecule has 25 heavy (non-hydrogen) atoms. The van der Waals surface area contributed by atoms with Crippen molar-refractivity contribution in [3.05, 3.63) is 59.0 Å². The Balaban J connectivity index is 1.52. The monoisotopic (exact) mass is 340 g/mol. The molecule has 2 aromatic rings. The number of hydrogen-bond donors (Lipinski definition) is 1. The number of likely N-dealkylation sites (tertiary alicyclic amines) is 1. The number of aryl methyl sites for hydroxylation is 1. The van der Waals surface area contributed by atoms with Gasteiger partial charge in [-0.3, -0.25) is 9.69 Å². The summed E-state index contributed by atoms with van der Waals surface area (Å²) in [6.45, 7) is 10.4. The van der Waals surface area contributed by atoms with Gasteiger partial charge in [-0.1, -0.05) is 38.1 Å². The first-order valence-electron chi connectivity index (χ1n) is 9.13. The number of furan rings is 1.